The maximum atomic E-state index is 13.1. The van der Waals surface area contributed by atoms with E-state index in [2.05, 4.69) is 12.6 Å². The van der Waals surface area contributed by atoms with Crippen molar-refractivity contribution in [2.45, 2.75) is 18.2 Å². The number of carbonyl (C=O) groups is 1. The molecule has 0 aliphatic carbocycles. The predicted octanol–water partition coefficient (Wildman–Crippen LogP) is 3.33. The van der Waals surface area contributed by atoms with Crippen LogP contribution in [0.3, 0.4) is 0 Å². The Labute approximate surface area is 130 Å². The average Bonchev–Trinajstić information content (AvgIpc) is 2.47. The van der Waals surface area contributed by atoms with Gasteiger partial charge in [0.05, 0.1) is 5.25 Å². The minimum atomic E-state index is -0.397. The van der Waals surface area contributed by atoms with Crippen LogP contribution < -0.4 is 0 Å². The lowest BCUT2D eigenvalue weighted by atomic mass is 10.1. The van der Waals surface area contributed by atoms with Crippen LogP contribution in [0.25, 0.3) is 0 Å². The van der Waals surface area contributed by atoms with Gasteiger partial charge in [0.25, 0.3) is 0 Å². The zero-order valence-corrected chi connectivity index (χ0v) is 12.8. The molecular formula is C17H18FNOS. The topological polar surface area (TPSA) is 20.3 Å². The molecule has 1 unspecified atom stereocenters. The summed E-state index contributed by atoms with van der Waals surface area (Å²) in [6.45, 7) is 0.377. The van der Waals surface area contributed by atoms with Crippen LogP contribution in [0.4, 0.5) is 4.39 Å². The van der Waals surface area contributed by atoms with Crippen LogP contribution in [0.2, 0.25) is 0 Å². The molecule has 1 amide bonds. The van der Waals surface area contributed by atoms with Crippen LogP contribution in [0.15, 0.2) is 54.6 Å². The second-order valence-electron chi connectivity index (χ2n) is 5.03. The Kier molecular flexibility index (Phi) is 5.39. The Morgan fingerprint density at radius 3 is 2.48 bits per heavy atom. The first-order chi connectivity index (χ1) is 10.1. The Hall–Kier alpha value is -1.81. The fraction of sp³-hybridized carbons (Fsp3) is 0.235. The van der Waals surface area contributed by atoms with E-state index in [4.69, 9.17) is 0 Å². The van der Waals surface area contributed by atoms with Crippen LogP contribution in [0.5, 0.6) is 0 Å². The molecule has 2 rings (SSSR count). The van der Waals surface area contributed by atoms with Crippen molar-refractivity contribution in [3.8, 4) is 0 Å². The van der Waals surface area contributed by atoms with Gasteiger partial charge in [-0.05, 0) is 29.7 Å². The van der Waals surface area contributed by atoms with E-state index in [0.29, 0.717) is 13.0 Å². The summed E-state index contributed by atoms with van der Waals surface area (Å²) in [5.74, 6) is -0.355. The van der Waals surface area contributed by atoms with Gasteiger partial charge in [0, 0.05) is 13.6 Å². The largest absolute Gasteiger partial charge is 0.340 e. The highest BCUT2D eigenvalue weighted by atomic mass is 32.1. The molecule has 0 radical (unpaired) electrons. The van der Waals surface area contributed by atoms with E-state index in [1.807, 2.05) is 30.3 Å². The molecule has 0 aliphatic heterocycles. The number of hydrogen-bond donors (Lipinski definition) is 1. The number of rotatable bonds is 5. The maximum absolute atomic E-state index is 13.1. The van der Waals surface area contributed by atoms with Gasteiger partial charge in [0.15, 0.2) is 0 Å². The normalized spacial score (nSPS) is 12.0. The van der Waals surface area contributed by atoms with Gasteiger partial charge in [-0.2, -0.15) is 12.6 Å². The number of thiol groups is 1. The molecule has 0 N–H and O–H groups in total. The van der Waals surface area contributed by atoms with E-state index < -0.39 is 5.25 Å². The van der Waals surface area contributed by atoms with Crippen LogP contribution in [-0.2, 0) is 17.8 Å². The molecule has 110 valence electrons. The molecule has 0 spiro atoms. The van der Waals surface area contributed by atoms with Gasteiger partial charge in [-0.1, -0.05) is 42.5 Å². The van der Waals surface area contributed by atoms with E-state index in [0.717, 1.165) is 11.1 Å². The molecule has 2 aromatic rings. The lowest BCUT2D eigenvalue weighted by Gasteiger charge is -2.21. The molecule has 0 saturated heterocycles. The quantitative estimate of drug-likeness (QED) is 0.840. The van der Waals surface area contributed by atoms with Crippen molar-refractivity contribution < 1.29 is 9.18 Å². The second-order valence-corrected chi connectivity index (χ2v) is 5.65. The number of carbonyl (C=O) groups excluding carboxylic acids is 1. The smallest absolute Gasteiger partial charge is 0.235 e. The van der Waals surface area contributed by atoms with E-state index in [1.54, 1.807) is 24.1 Å². The van der Waals surface area contributed by atoms with E-state index in [-0.39, 0.29) is 11.7 Å². The Morgan fingerprint density at radius 1 is 1.14 bits per heavy atom. The summed E-state index contributed by atoms with van der Waals surface area (Å²) in [5.41, 5.74) is 1.84. The van der Waals surface area contributed by atoms with Crippen molar-refractivity contribution in [3.05, 3.63) is 71.5 Å². The van der Waals surface area contributed by atoms with Crippen molar-refractivity contribution in [2.24, 2.45) is 0 Å². The molecule has 0 aromatic heterocycles. The zero-order chi connectivity index (χ0) is 15.2. The molecule has 2 aromatic carbocycles. The summed E-state index contributed by atoms with van der Waals surface area (Å²) < 4.78 is 13.1. The maximum Gasteiger partial charge on any atom is 0.235 e. The lowest BCUT2D eigenvalue weighted by molar-refractivity contribution is -0.129. The highest BCUT2D eigenvalue weighted by Crippen LogP contribution is 2.12. The van der Waals surface area contributed by atoms with Crippen molar-refractivity contribution >= 4 is 18.5 Å². The molecular weight excluding hydrogens is 285 g/mol. The molecule has 0 fully saturated rings. The van der Waals surface area contributed by atoms with Crippen LogP contribution in [0.1, 0.15) is 11.1 Å². The molecule has 2 nitrogen and oxygen atoms in total. The van der Waals surface area contributed by atoms with Gasteiger partial charge in [-0.15, -0.1) is 0 Å². The van der Waals surface area contributed by atoms with Gasteiger partial charge in [0.1, 0.15) is 5.82 Å². The molecule has 4 heteroatoms. The minimum Gasteiger partial charge on any atom is -0.340 e. The van der Waals surface area contributed by atoms with Crippen molar-refractivity contribution in [2.75, 3.05) is 7.05 Å². The molecule has 0 bridgehead atoms. The van der Waals surface area contributed by atoms with E-state index in [9.17, 15) is 9.18 Å². The standard InChI is InChI=1S/C17H18FNOS/c1-19(12-14-8-5-9-15(18)10-14)17(20)16(21)11-13-6-3-2-4-7-13/h2-10,16,21H,11-12H2,1H3. The summed E-state index contributed by atoms with van der Waals surface area (Å²) in [6.07, 6.45) is 0.580. The second kappa shape index (κ2) is 7.27. The van der Waals surface area contributed by atoms with E-state index in [1.165, 1.54) is 12.1 Å². The van der Waals surface area contributed by atoms with Gasteiger partial charge >= 0.3 is 0 Å². The van der Waals surface area contributed by atoms with Gasteiger partial charge in [-0.25, -0.2) is 4.39 Å². The first-order valence-electron chi connectivity index (χ1n) is 6.77. The minimum absolute atomic E-state index is 0.0635. The molecule has 21 heavy (non-hydrogen) atoms. The monoisotopic (exact) mass is 303 g/mol. The zero-order valence-electron chi connectivity index (χ0n) is 11.9. The Bertz CT molecular complexity index is 603. The third-order valence-electron chi connectivity index (χ3n) is 3.24. The third-order valence-corrected chi connectivity index (χ3v) is 3.65. The van der Waals surface area contributed by atoms with Crippen molar-refractivity contribution in [1.29, 1.82) is 0 Å². The van der Waals surface area contributed by atoms with Gasteiger partial charge < -0.3 is 4.90 Å². The SMILES string of the molecule is CN(Cc1cccc(F)c1)C(=O)C(S)Cc1ccccc1. The number of benzene rings is 2. The summed E-state index contributed by atoms with van der Waals surface area (Å²) in [7, 11) is 1.71. The third kappa shape index (κ3) is 4.60. The summed E-state index contributed by atoms with van der Waals surface area (Å²) >= 11 is 4.40. The number of amides is 1. The summed E-state index contributed by atoms with van der Waals surface area (Å²) in [6, 6.07) is 16.0. The fourth-order valence-electron chi connectivity index (χ4n) is 2.17. The number of nitrogens with zero attached hydrogens (tertiary/aromatic N) is 1. The number of hydrogen-bond acceptors (Lipinski definition) is 2. The predicted molar refractivity (Wildman–Crippen MR) is 85.8 cm³/mol. The summed E-state index contributed by atoms with van der Waals surface area (Å²) in [4.78, 5) is 13.9. The lowest BCUT2D eigenvalue weighted by Crippen LogP contribution is -2.34. The average molecular weight is 303 g/mol. The van der Waals surface area contributed by atoms with Crippen LogP contribution >= 0.6 is 12.6 Å². The van der Waals surface area contributed by atoms with E-state index >= 15 is 0 Å². The molecule has 0 aliphatic rings. The molecule has 0 saturated carbocycles. The first-order valence-corrected chi connectivity index (χ1v) is 7.29. The number of halogens is 1. The van der Waals surface area contributed by atoms with Crippen molar-refractivity contribution in [1.82, 2.24) is 4.90 Å². The molecule has 0 heterocycles. The summed E-state index contributed by atoms with van der Waals surface area (Å²) in [5, 5.41) is -0.397. The van der Waals surface area contributed by atoms with Gasteiger partial charge in [-0.3, -0.25) is 4.79 Å². The van der Waals surface area contributed by atoms with Crippen LogP contribution in [-0.4, -0.2) is 23.1 Å². The Balaban J connectivity index is 1.95. The van der Waals surface area contributed by atoms with Crippen molar-refractivity contribution in [3.63, 3.8) is 0 Å². The Morgan fingerprint density at radius 2 is 1.81 bits per heavy atom. The first kappa shape index (κ1) is 15.6. The molecule has 1 atom stereocenters. The highest BCUT2D eigenvalue weighted by Gasteiger charge is 2.19. The fourth-order valence-corrected chi connectivity index (χ4v) is 2.57. The highest BCUT2D eigenvalue weighted by molar-refractivity contribution is 7.81. The van der Waals surface area contributed by atoms with Crippen LogP contribution in [0, 0.1) is 5.82 Å². The van der Waals surface area contributed by atoms with Gasteiger partial charge in [0.2, 0.25) is 5.91 Å².